The van der Waals surface area contributed by atoms with Crippen molar-refractivity contribution in [1.82, 2.24) is 0 Å². The van der Waals surface area contributed by atoms with Gasteiger partial charge in [0, 0.05) is 6.61 Å². The van der Waals surface area contributed by atoms with Gasteiger partial charge in [0.15, 0.2) is 0 Å². The second-order valence-corrected chi connectivity index (χ2v) is 9.34. The molecule has 0 saturated carbocycles. The molecule has 0 spiro atoms. The Balaban J connectivity index is 5.16. The predicted molar refractivity (Wildman–Crippen MR) is 96.0 cm³/mol. The molecule has 0 aromatic carbocycles. The molecule has 23 heavy (non-hydrogen) atoms. The molecule has 0 heterocycles. The highest BCUT2D eigenvalue weighted by Gasteiger charge is 2.36. The summed E-state index contributed by atoms with van der Waals surface area (Å²) in [6.07, 6.45) is 0. The maximum Gasteiger partial charge on any atom is 0.0638 e. The van der Waals surface area contributed by atoms with Crippen LogP contribution in [0.25, 0.3) is 0 Å². The van der Waals surface area contributed by atoms with E-state index in [1.54, 1.807) is 0 Å². The second-order valence-electron chi connectivity index (χ2n) is 9.34. The van der Waals surface area contributed by atoms with Crippen LogP contribution in [-0.2, 0) is 18.9 Å². The minimum atomic E-state index is -0.316. The minimum Gasteiger partial charge on any atom is -0.381 e. The van der Waals surface area contributed by atoms with Crippen LogP contribution >= 0.6 is 0 Å². The average Bonchev–Trinajstić information content (AvgIpc) is 2.34. The zero-order chi connectivity index (χ0) is 18.4. The Labute approximate surface area is 144 Å². The van der Waals surface area contributed by atoms with E-state index in [9.17, 15) is 0 Å². The molecule has 0 fully saturated rings. The first-order valence-corrected chi connectivity index (χ1v) is 8.68. The fourth-order valence-corrected chi connectivity index (χ4v) is 1.68. The molecule has 4 nitrogen and oxygen atoms in total. The molecule has 4 heteroatoms. The standard InChI is InChI=1S/C19H40O4/c1-11-20-12-19(13-21-16(2,3)4,14-22-17(5,6)7)15-23-18(8,9)10/h11-15H2,1-10H3. The normalized spacial score (nSPS) is 14.3. The van der Waals surface area contributed by atoms with Crippen molar-refractivity contribution in [1.29, 1.82) is 0 Å². The Morgan fingerprint density at radius 2 is 0.826 bits per heavy atom. The van der Waals surface area contributed by atoms with E-state index in [0.717, 1.165) is 0 Å². The highest BCUT2D eigenvalue weighted by molar-refractivity contribution is 4.83. The van der Waals surface area contributed by atoms with E-state index in [0.29, 0.717) is 33.0 Å². The molecule has 0 aliphatic rings. The molecule has 0 aromatic heterocycles. The van der Waals surface area contributed by atoms with Gasteiger partial charge in [0.25, 0.3) is 0 Å². The van der Waals surface area contributed by atoms with Gasteiger partial charge >= 0.3 is 0 Å². The molecule has 0 aromatic rings. The lowest BCUT2D eigenvalue weighted by atomic mass is 9.91. The Morgan fingerprint density at radius 3 is 1.04 bits per heavy atom. The molecular weight excluding hydrogens is 292 g/mol. The first-order valence-electron chi connectivity index (χ1n) is 8.68. The number of rotatable bonds is 9. The summed E-state index contributed by atoms with van der Waals surface area (Å²) in [6, 6.07) is 0. The van der Waals surface area contributed by atoms with Gasteiger partial charge in [-0.3, -0.25) is 0 Å². The van der Waals surface area contributed by atoms with E-state index in [1.807, 2.05) is 6.92 Å². The van der Waals surface area contributed by atoms with Gasteiger partial charge in [-0.2, -0.15) is 0 Å². The van der Waals surface area contributed by atoms with Gasteiger partial charge in [0.2, 0.25) is 0 Å². The maximum atomic E-state index is 6.08. The Morgan fingerprint density at radius 1 is 0.522 bits per heavy atom. The summed E-state index contributed by atoms with van der Waals surface area (Å²) in [5, 5.41) is 0. The smallest absolute Gasteiger partial charge is 0.0638 e. The Bertz CT molecular complexity index is 272. The fourth-order valence-electron chi connectivity index (χ4n) is 1.68. The van der Waals surface area contributed by atoms with Crippen LogP contribution in [0.15, 0.2) is 0 Å². The third-order valence-electron chi connectivity index (χ3n) is 3.05. The lowest BCUT2D eigenvalue weighted by Gasteiger charge is -2.39. The van der Waals surface area contributed by atoms with Crippen LogP contribution in [0.1, 0.15) is 69.2 Å². The predicted octanol–water partition coefficient (Wildman–Crippen LogP) is 4.45. The molecular formula is C19H40O4. The van der Waals surface area contributed by atoms with Crippen LogP contribution < -0.4 is 0 Å². The lowest BCUT2D eigenvalue weighted by Crippen LogP contribution is -2.46. The summed E-state index contributed by atoms with van der Waals surface area (Å²) in [4.78, 5) is 0. The summed E-state index contributed by atoms with van der Waals surface area (Å²) >= 11 is 0. The zero-order valence-electron chi connectivity index (χ0n) is 17.2. The highest BCUT2D eigenvalue weighted by atomic mass is 16.5. The van der Waals surface area contributed by atoms with Crippen molar-refractivity contribution in [3.63, 3.8) is 0 Å². The van der Waals surface area contributed by atoms with Crippen LogP contribution in [0.3, 0.4) is 0 Å². The molecule has 140 valence electrons. The van der Waals surface area contributed by atoms with Gasteiger partial charge in [0.1, 0.15) is 0 Å². The van der Waals surface area contributed by atoms with E-state index in [1.165, 1.54) is 0 Å². The zero-order valence-corrected chi connectivity index (χ0v) is 17.2. The van der Waals surface area contributed by atoms with E-state index in [2.05, 4.69) is 62.3 Å². The first-order chi connectivity index (χ1) is 10.2. The van der Waals surface area contributed by atoms with Crippen LogP contribution in [-0.4, -0.2) is 49.8 Å². The van der Waals surface area contributed by atoms with Crippen molar-refractivity contribution in [3.05, 3.63) is 0 Å². The van der Waals surface area contributed by atoms with Crippen LogP contribution in [0.4, 0.5) is 0 Å². The topological polar surface area (TPSA) is 36.9 Å². The van der Waals surface area contributed by atoms with Crippen molar-refractivity contribution < 1.29 is 18.9 Å². The Kier molecular flexibility index (Phi) is 8.73. The van der Waals surface area contributed by atoms with Gasteiger partial charge in [-0.25, -0.2) is 0 Å². The summed E-state index contributed by atoms with van der Waals surface area (Å²) in [7, 11) is 0. The van der Waals surface area contributed by atoms with Crippen molar-refractivity contribution in [3.8, 4) is 0 Å². The summed E-state index contributed by atoms with van der Waals surface area (Å²) in [5.41, 5.74) is -0.938. The summed E-state index contributed by atoms with van der Waals surface area (Å²) < 4.78 is 24.0. The number of hydrogen-bond donors (Lipinski definition) is 0. The molecule has 0 aliphatic carbocycles. The monoisotopic (exact) mass is 332 g/mol. The van der Waals surface area contributed by atoms with Crippen molar-refractivity contribution in [2.24, 2.45) is 5.41 Å². The van der Waals surface area contributed by atoms with Crippen LogP contribution in [0.5, 0.6) is 0 Å². The van der Waals surface area contributed by atoms with E-state index in [-0.39, 0.29) is 22.2 Å². The van der Waals surface area contributed by atoms with Gasteiger partial charge in [-0.05, 0) is 69.2 Å². The lowest BCUT2D eigenvalue weighted by molar-refractivity contribution is -0.167. The summed E-state index contributed by atoms with van der Waals surface area (Å²) in [5.74, 6) is 0. The Hall–Kier alpha value is -0.160. The largest absolute Gasteiger partial charge is 0.381 e. The van der Waals surface area contributed by atoms with E-state index in [4.69, 9.17) is 18.9 Å². The van der Waals surface area contributed by atoms with Gasteiger partial charge in [-0.15, -0.1) is 0 Å². The molecule has 0 aliphatic heterocycles. The molecule has 0 atom stereocenters. The SMILES string of the molecule is CCOCC(COC(C)(C)C)(COC(C)(C)C)COC(C)(C)C. The molecule has 0 saturated heterocycles. The van der Waals surface area contributed by atoms with E-state index < -0.39 is 0 Å². The van der Waals surface area contributed by atoms with Gasteiger partial charge in [0.05, 0.1) is 48.6 Å². The molecule has 0 radical (unpaired) electrons. The third-order valence-corrected chi connectivity index (χ3v) is 3.05. The van der Waals surface area contributed by atoms with Crippen molar-refractivity contribution in [2.75, 3.05) is 33.0 Å². The van der Waals surface area contributed by atoms with Crippen LogP contribution in [0.2, 0.25) is 0 Å². The average molecular weight is 333 g/mol. The van der Waals surface area contributed by atoms with Crippen molar-refractivity contribution >= 4 is 0 Å². The quantitative estimate of drug-likeness (QED) is 0.625. The molecule has 0 rings (SSSR count). The first kappa shape index (κ1) is 22.8. The molecule has 0 N–H and O–H groups in total. The fraction of sp³-hybridized carbons (Fsp3) is 1.00. The molecule has 0 unspecified atom stereocenters. The number of ether oxygens (including phenoxy) is 4. The highest BCUT2D eigenvalue weighted by Crippen LogP contribution is 2.27. The minimum absolute atomic E-state index is 0.207. The number of hydrogen-bond acceptors (Lipinski definition) is 4. The molecule has 0 bridgehead atoms. The van der Waals surface area contributed by atoms with Gasteiger partial charge < -0.3 is 18.9 Å². The van der Waals surface area contributed by atoms with Gasteiger partial charge in [-0.1, -0.05) is 0 Å². The van der Waals surface area contributed by atoms with E-state index >= 15 is 0 Å². The molecule has 0 amide bonds. The van der Waals surface area contributed by atoms with Crippen LogP contribution in [0, 0.1) is 5.41 Å². The summed E-state index contributed by atoms with van der Waals surface area (Å²) in [6.45, 7) is 23.4. The van der Waals surface area contributed by atoms with Crippen molar-refractivity contribution in [2.45, 2.75) is 86.0 Å². The maximum absolute atomic E-state index is 6.08. The third kappa shape index (κ3) is 12.9. The second kappa shape index (κ2) is 8.80.